The first kappa shape index (κ1) is 13.4. The monoisotopic (exact) mass is 224 g/mol. The predicted molar refractivity (Wildman–Crippen MR) is 59.7 cm³/mol. The van der Waals surface area contributed by atoms with Crippen LogP contribution >= 0.6 is 11.6 Å². The van der Waals surface area contributed by atoms with E-state index in [4.69, 9.17) is 11.6 Å². The molecule has 1 atom stereocenters. The van der Waals surface area contributed by atoms with E-state index in [-0.39, 0.29) is 18.9 Å². The Morgan fingerprint density at radius 2 is 1.31 bits per heavy atom. The minimum Gasteiger partial charge on any atom is -0.845 e. The summed E-state index contributed by atoms with van der Waals surface area (Å²) in [5.74, 6) is 0. The Morgan fingerprint density at radius 1 is 0.812 bits per heavy atom. The SMILES string of the molecule is [Li+].[O-]C(c1ccccc1)c1ccc(Cl)cc1. The average Bonchev–Trinajstić information content (AvgIpc) is 2.30. The van der Waals surface area contributed by atoms with Crippen molar-refractivity contribution in [3.05, 3.63) is 70.7 Å². The summed E-state index contributed by atoms with van der Waals surface area (Å²) >= 11 is 5.76. The fraction of sp³-hybridized carbons (Fsp3) is 0.0769. The molecule has 0 bridgehead atoms. The Kier molecular flexibility index (Phi) is 5.11. The molecule has 2 aromatic rings. The first-order valence-electron chi connectivity index (χ1n) is 4.73. The summed E-state index contributed by atoms with van der Waals surface area (Å²) in [5, 5.41) is 12.6. The van der Waals surface area contributed by atoms with Gasteiger partial charge in [-0.3, -0.25) is 0 Å². The van der Waals surface area contributed by atoms with Gasteiger partial charge in [-0.1, -0.05) is 71.3 Å². The number of hydrogen-bond donors (Lipinski definition) is 0. The van der Waals surface area contributed by atoms with E-state index in [9.17, 15) is 5.11 Å². The summed E-state index contributed by atoms with van der Waals surface area (Å²) in [6.45, 7) is 0. The summed E-state index contributed by atoms with van der Waals surface area (Å²) < 4.78 is 0. The second kappa shape index (κ2) is 6.13. The maximum absolute atomic E-state index is 12.0. The van der Waals surface area contributed by atoms with Crippen LogP contribution in [0.3, 0.4) is 0 Å². The molecule has 0 N–H and O–H groups in total. The third-order valence-corrected chi connectivity index (χ3v) is 2.53. The molecule has 16 heavy (non-hydrogen) atoms. The molecule has 0 radical (unpaired) electrons. The molecule has 0 aliphatic rings. The molecule has 0 fully saturated rings. The van der Waals surface area contributed by atoms with Gasteiger partial charge in [-0.25, -0.2) is 0 Å². The quantitative estimate of drug-likeness (QED) is 0.648. The first-order valence-corrected chi connectivity index (χ1v) is 5.11. The van der Waals surface area contributed by atoms with Crippen LogP contribution in [0.2, 0.25) is 5.02 Å². The molecule has 0 saturated carbocycles. The molecule has 0 aromatic heterocycles. The Labute approximate surface area is 112 Å². The van der Waals surface area contributed by atoms with Crippen molar-refractivity contribution >= 4 is 11.6 Å². The molecule has 0 aliphatic carbocycles. The van der Waals surface area contributed by atoms with Crippen molar-refractivity contribution in [1.29, 1.82) is 0 Å². The second-order valence-corrected chi connectivity index (χ2v) is 3.78. The normalized spacial score (nSPS) is 11.6. The van der Waals surface area contributed by atoms with Gasteiger partial charge in [0.05, 0.1) is 0 Å². The third kappa shape index (κ3) is 3.14. The number of rotatable bonds is 2. The van der Waals surface area contributed by atoms with Gasteiger partial charge in [-0.2, -0.15) is 0 Å². The molecule has 0 aliphatic heterocycles. The van der Waals surface area contributed by atoms with Crippen molar-refractivity contribution in [2.75, 3.05) is 0 Å². The minimum atomic E-state index is -0.830. The minimum absolute atomic E-state index is 0. The van der Waals surface area contributed by atoms with Crippen LogP contribution in [-0.2, 0) is 0 Å². The van der Waals surface area contributed by atoms with Crippen molar-refractivity contribution in [2.45, 2.75) is 6.10 Å². The van der Waals surface area contributed by atoms with E-state index in [0.29, 0.717) is 5.02 Å². The summed E-state index contributed by atoms with van der Waals surface area (Å²) in [6, 6.07) is 16.3. The van der Waals surface area contributed by atoms with Gasteiger partial charge in [-0.15, -0.1) is 0 Å². The van der Waals surface area contributed by atoms with Gasteiger partial charge in [0.2, 0.25) is 0 Å². The zero-order chi connectivity index (χ0) is 10.7. The van der Waals surface area contributed by atoms with Gasteiger partial charge >= 0.3 is 18.9 Å². The molecule has 2 aromatic carbocycles. The van der Waals surface area contributed by atoms with E-state index in [1.807, 2.05) is 30.3 Å². The fourth-order valence-electron chi connectivity index (χ4n) is 1.46. The first-order chi connectivity index (χ1) is 7.27. The molecule has 1 nitrogen and oxygen atoms in total. The van der Waals surface area contributed by atoms with Crippen LogP contribution in [-0.4, -0.2) is 0 Å². The summed E-state index contributed by atoms with van der Waals surface area (Å²) in [4.78, 5) is 0. The van der Waals surface area contributed by atoms with E-state index >= 15 is 0 Å². The van der Waals surface area contributed by atoms with Crippen LogP contribution < -0.4 is 24.0 Å². The van der Waals surface area contributed by atoms with E-state index < -0.39 is 6.10 Å². The van der Waals surface area contributed by atoms with Gasteiger partial charge in [0.15, 0.2) is 0 Å². The molecular formula is C13H10ClLiO. The maximum Gasteiger partial charge on any atom is 1.00 e. The van der Waals surface area contributed by atoms with Gasteiger partial charge in [0, 0.05) is 5.02 Å². The molecule has 3 heteroatoms. The van der Waals surface area contributed by atoms with Crippen LogP contribution in [0.4, 0.5) is 0 Å². The zero-order valence-electron chi connectivity index (χ0n) is 9.06. The Balaban J connectivity index is 0.00000128. The molecule has 76 valence electrons. The molecule has 0 amide bonds. The smallest absolute Gasteiger partial charge is 0.845 e. The number of hydrogen-bond acceptors (Lipinski definition) is 1. The molecule has 0 saturated heterocycles. The Bertz CT molecular complexity index is 427. The summed E-state index contributed by atoms with van der Waals surface area (Å²) in [5.41, 5.74) is 1.52. The fourth-order valence-corrected chi connectivity index (χ4v) is 1.58. The van der Waals surface area contributed by atoms with Crippen LogP contribution in [0.25, 0.3) is 0 Å². The Hall–Kier alpha value is -0.713. The van der Waals surface area contributed by atoms with Gasteiger partial charge < -0.3 is 5.11 Å². The second-order valence-electron chi connectivity index (χ2n) is 3.34. The van der Waals surface area contributed by atoms with Crippen molar-refractivity contribution < 1.29 is 24.0 Å². The van der Waals surface area contributed by atoms with Crippen LogP contribution in [0, 0.1) is 0 Å². The molecular weight excluding hydrogens is 215 g/mol. The number of halogens is 1. The third-order valence-electron chi connectivity index (χ3n) is 2.28. The van der Waals surface area contributed by atoms with Gasteiger partial charge in [0.25, 0.3) is 0 Å². The van der Waals surface area contributed by atoms with Crippen molar-refractivity contribution in [2.24, 2.45) is 0 Å². The maximum atomic E-state index is 12.0. The van der Waals surface area contributed by atoms with Crippen molar-refractivity contribution in [3.8, 4) is 0 Å². The molecule has 1 unspecified atom stereocenters. The molecule has 2 rings (SSSR count). The summed E-state index contributed by atoms with van der Waals surface area (Å²) in [6.07, 6.45) is -0.830. The van der Waals surface area contributed by atoms with E-state index in [2.05, 4.69) is 0 Å². The van der Waals surface area contributed by atoms with E-state index in [1.165, 1.54) is 0 Å². The topological polar surface area (TPSA) is 23.1 Å². The Morgan fingerprint density at radius 3 is 1.88 bits per heavy atom. The zero-order valence-corrected chi connectivity index (χ0v) is 9.82. The van der Waals surface area contributed by atoms with Gasteiger partial charge in [0.1, 0.15) is 0 Å². The van der Waals surface area contributed by atoms with Crippen LogP contribution in [0.1, 0.15) is 17.2 Å². The van der Waals surface area contributed by atoms with Gasteiger partial charge in [-0.05, 0) is 12.1 Å². The average molecular weight is 225 g/mol. The standard InChI is InChI=1S/C13H10ClO.Li/c14-12-8-6-11(7-9-12)13(15)10-4-2-1-3-5-10;/h1-9,13H;/q-1;+1. The summed E-state index contributed by atoms with van der Waals surface area (Å²) in [7, 11) is 0. The van der Waals surface area contributed by atoms with Crippen LogP contribution in [0.5, 0.6) is 0 Å². The number of benzene rings is 2. The van der Waals surface area contributed by atoms with E-state index in [1.54, 1.807) is 24.3 Å². The molecule has 0 heterocycles. The van der Waals surface area contributed by atoms with Crippen molar-refractivity contribution in [3.63, 3.8) is 0 Å². The van der Waals surface area contributed by atoms with Crippen LogP contribution in [0.15, 0.2) is 54.6 Å². The predicted octanol–water partition coefficient (Wildman–Crippen LogP) is -0.206. The molecule has 0 spiro atoms. The van der Waals surface area contributed by atoms with Crippen molar-refractivity contribution in [1.82, 2.24) is 0 Å². The largest absolute Gasteiger partial charge is 1.00 e. The van der Waals surface area contributed by atoms with E-state index in [0.717, 1.165) is 11.1 Å².